The molecule has 2 heteroatoms. The minimum Gasteiger partial charge on any atom is -0.368 e. The lowest BCUT2D eigenvalue weighted by molar-refractivity contribution is 0.0988. The first-order valence-corrected chi connectivity index (χ1v) is 8.02. The standard InChI is InChI=1S/C18H27NO/c1-4-18(20)16-11-7-8-12-17(16)19(13-14(2)3)15-9-5-6-10-15/h7-8,11-12,14-15H,4-6,9-10,13H2,1-3H3. The predicted molar refractivity (Wildman–Crippen MR) is 85.5 cm³/mol. The van der Waals surface area contributed by atoms with Crippen molar-refractivity contribution in [3.05, 3.63) is 29.8 Å². The van der Waals surface area contributed by atoms with Crippen LogP contribution in [0.3, 0.4) is 0 Å². The van der Waals surface area contributed by atoms with E-state index in [-0.39, 0.29) is 5.78 Å². The van der Waals surface area contributed by atoms with Crippen molar-refractivity contribution in [3.63, 3.8) is 0 Å². The fourth-order valence-corrected chi connectivity index (χ4v) is 3.20. The highest BCUT2D eigenvalue weighted by atomic mass is 16.1. The zero-order valence-electron chi connectivity index (χ0n) is 13.1. The summed E-state index contributed by atoms with van der Waals surface area (Å²) in [5.41, 5.74) is 2.06. The van der Waals surface area contributed by atoms with Gasteiger partial charge in [-0.25, -0.2) is 0 Å². The maximum Gasteiger partial charge on any atom is 0.164 e. The van der Waals surface area contributed by atoms with Gasteiger partial charge in [0.2, 0.25) is 0 Å². The van der Waals surface area contributed by atoms with Crippen molar-refractivity contribution in [2.45, 2.75) is 58.9 Å². The molecule has 2 rings (SSSR count). The summed E-state index contributed by atoms with van der Waals surface area (Å²) >= 11 is 0. The van der Waals surface area contributed by atoms with Gasteiger partial charge in [0.1, 0.15) is 0 Å². The van der Waals surface area contributed by atoms with Crippen molar-refractivity contribution < 1.29 is 4.79 Å². The molecule has 0 aliphatic heterocycles. The largest absolute Gasteiger partial charge is 0.368 e. The quantitative estimate of drug-likeness (QED) is 0.701. The molecule has 0 bridgehead atoms. The van der Waals surface area contributed by atoms with E-state index >= 15 is 0 Å². The lowest BCUT2D eigenvalue weighted by Gasteiger charge is -2.34. The average Bonchev–Trinajstić information content (AvgIpc) is 2.97. The van der Waals surface area contributed by atoms with Gasteiger partial charge < -0.3 is 4.90 Å². The summed E-state index contributed by atoms with van der Waals surface area (Å²) in [6.45, 7) is 7.50. The summed E-state index contributed by atoms with van der Waals surface area (Å²) in [4.78, 5) is 14.7. The molecule has 0 amide bonds. The molecule has 0 unspecified atom stereocenters. The van der Waals surface area contributed by atoms with Gasteiger partial charge in [0.15, 0.2) is 5.78 Å². The molecule has 1 aromatic rings. The number of ketones is 1. The van der Waals surface area contributed by atoms with Crippen molar-refractivity contribution in [1.29, 1.82) is 0 Å². The number of rotatable bonds is 6. The number of para-hydroxylation sites is 1. The highest BCUT2D eigenvalue weighted by molar-refractivity contribution is 6.01. The second-order valence-corrected chi connectivity index (χ2v) is 6.28. The van der Waals surface area contributed by atoms with E-state index in [1.54, 1.807) is 0 Å². The number of hydrogen-bond acceptors (Lipinski definition) is 2. The highest BCUT2D eigenvalue weighted by Gasteiger charge is 2.25. The Labute approximate surface area is 123 Å². The molecule has 0 heterocycles. The predicted octanol–water partition coefficient (Wildman–Crippen LogP) is 4.68. The Morgan fingerprint density at radius 3 is 2.50 bits per heavy atom. The lowest BCUT2D eigenvalue weighted by Crippen LogP contribution is -2.37. The first kappa shape index (κ1) is 15.1. The number of nitrogens with zero attached hydrogens (tertiary/aromatic N) is 1. The Balaban J connectivity index is 2.34. The average molecular weight is 273 g/mol. The van der Waals surface area contributed by atoms with E-state index in [4.69, 9.17) is 0 Å². The molecule has 1 aromatic carbocycles. The number of benzene rings is 1. The number of Topliss-reactive ketones (excluding diaryl/α,β-unsaturated/α-hetero) is 1. The molecule has 0 spiro atoms. The summed E-state index contributed by atoms with van der Waals surface area (Å²) < 4.78 is 0. The second kappa shape index (κ2) is 6.92. The lowest BCUT2D eigenvalue weighted by atomic mass is 10.0. The molecule has 0 saturated heterocycles. The van der Waals surface area contributed by atoms with Gasteiger partial charge in [-0.15, -0.1) is 0 Å². The van der Waals surface area contributed by atoms with Gasteiger partial charge in [0.05, 0.1) is 0 Å². The normalized spacial score (nSPS) is 15.8. The van der Waals surface area contributed by atoms with Crippen LogP contribution < -0.4 is 4.90 Å². The molecule has 0 aromatic heterocycles. The third-order valence-electron chi connectivity index (χ3n) is 4.16. The zero-order valence-corrected chi connectivity index (χ0v) is 13.1. The number of anilines is 1. The molecule has 0 radical (unpaired) electrons. The molecular formula is C18H27NO. The topological polar surface area (TPSA) is 20.3 Å². The summed E-state index contributed by atoms with van der Waals surface area (Å²) in [6, 6.07) is 8.77. The first-order chi connectivity index (χ1) is 9.63. The van der Waals surface area contributed by atoms with E-state index in [1.165, 1.54) is 25.7 Å². The number of carbonyl (C=O) groups excluding carboxylic acids is 1. The van der Waals surface area contributed by atoms with Crippen LogP contribution in [0.5, 0.6) is 0 Å². The van der Waals surface area contributed by atoms with E-state index in [0.29, 0.717) is 18.4 Å². The summed E-state index contributed by atoms with van der Waals surface area (Å²) in [6.07, 6.45) is 5.76. The summed E-state index contributed by atoms with van der Waals surface area (Å²) in [7, 11) is 0. The van der Waals surface area contributed by atoms with E-state index in [9.17, 15) is 4.79 Å². The molecule has 1 aliphatic rings. The molecule has 1 fully saturated rings. The van der Waals surface area contributed by atoms with Gasteiger partial charge in [0.25, 0.3) is 0 Å². The fourth-order valence-electron chi connectivity index (χ4n) is 3.20. The van der Waals surface area contributed by atoms with Gasteiger partial charge in [-0.1, -0.05) is 45.7 Å². The van der Waals surface area contributed by atoms with Crippen molar-refractivity contribution >= 4 is 11.5 Å². The van der Waals surface area contributed by atoms with Crippen LogP contribution in [0.1, 0.15) is 63.2 Å². The van der Waals surface area contributed by atoms with Crippen molar-refractivity contribution in [2.75, 3.05) is 11.4 Å². The Kier molecular flexibility index (Phi) is 5.22. The maximum absolute atomic E-state index is 12.2. The Hall–Kier alpha value is -1.31. The van der Waals surface area contributed by atoms with E-state index in [2.05, 4.69) is 30.9 Å². The van der Waals surface area contributed by atoms with E-state index in [1.807, 2.05) is 19.1 Å². The monoisotopic (exact) mass is 273 g/mol. The third kappa shape index (κ3) is 3.41. The molecular weight excluding hydrogens is 246 g/mol. The third-order valence-corrected chi connectivity index (χ3v) is 4.16. The van der Waals surface area contributed by atoms with Gasteiger partial charge in [-0.05, 0) is 30.9 Å². The number of carbonyl (C=O) groups is 1. The first-order valence-electron chi connectivity index (χ1n) is 8.02. The van der Waals surface area contributed by atoms with Gasteiger partial charge >= 0.3 is 0 Å². The van der Waals surface area contributed by atoms with E-state index in [0.717, 1.165) is 17.8 Å². The van der Waals surface area contributed by atoms with Crippen LogP contribution in [0.15, 0.2) is 24.3 Å². The zero-order chi connectivity index (χ0) is 14.5. The molecule has 110 valence electrons. The maximum atomic E-state index is 12.2. The summed E-state index contributed by atoms with van der Waals surface area (Å²) in [5, 5.41) is 0. The van der Waals surface area contributed by atoms with Crippen molar-refractivity contribution in [1.82, 2.24) is 0 Å². The smallest absolute Gasteiger partial charge is 0.164 e. The fraction of sp³-hybridized carbons (Fsp3) is 0.611. The Morgan fingerprint density at radius 2 is 1.90 bits per heavy atom. The molecule has 2 nitrogen and oxygen atoms in total. The Morgan fingerprint density at radius 1 is 1.25 bits per heavy atom. The Bertz CT molecular complexity index is 446. The summed E-state index contributed by atoms with van der Waals surface area (Å²) in [5.74, 6) is 0.868. The molecule has 1 saturated carbocycles. The molecule has 0 N–H and O–H groups in total. The minimum absolute atomic E-state index is 0.257. The molecule has 20 heavy (non-hydrogen) atoms. The van der Waals surface area contributed by atoms with Crippen molar-refractivity contribution in [3.8, 4) is 0 Å². The van der Waals surface area contributed by atoms with Crippen LogP contribution in [-0.4, -0.2) is 18.4 Å². The van der Waals surface area contributed by atoms with Crippen LogP contribution in [0.4, 0.5) is 5.69 Å². The van der Waals surface area contributed by atoms with Crippen LogP contribution in [0.25, 0.3) is 0 Å². The van der Waals surface area contributed by atoms with Crippen LogP contribution >= 0.6 is 0 Å². The van der Waals surface area contributed by atoms with Crippen LogP contribution in [-0.2, 0) is 0 Å². The van der Waals surface area contributed by atoms with Gasteiger partial charge in [-0.3, -0.25) is 4.79 Å². The molecule has 1 aliphatic carbocycles. The van der Waals surface area contributed by atoms with Gasteiger partial charge in [-0.2, -0.15) is 0 Å². The van der Waals surface area contributed by atoms with Gasteiger partial charge in [0, 0.05) is 30.3 Å². The van der Waals surface area contributed by atoms with E-state index < -0.39 is 0 Å². The van der Waals surface area contributed by atoms with Crippen LogP contribution in [0.2, 0.25) is 0 Å². The number of hydrogen-bond donors (Lipinski definition) is 0. The molecule has 0 atom stereocenters. The van der Waals surface area contributed by atoms with Crippen LogP contribution in [0, 0.1) is 5.92 Å². The second-order valence-electron chi connectivity index (χ2n) is 6.28. The SMILES string of the molecule is CCC(=O)c1ccccc1N(CC(C)C)C1CCCC1. The minimum atomic E-state index is 0.257. The highest BCUT2D eigenvalue weighted by Crippen LogP contribution is 2.31. The van der Waals surface area contributed by atoms with Crippen molar-refractivity contribution in [2.24, 2.45) is 5.92 Å².